The van der Waals surface area contributed by atoms with Gasteiger partial charge in [-0.1, -0.05) is 30.1 Å². The summed E-state index contributed by atoms with van der Waals surface area (Å²) in [7, 11) is 0. The van der Waals surface area contributed by atoms with Crippen LogP contribution in [-0.2, 0) is 4.79 Å². The smallest absolute Gasteiger partial charge is 0.226 e. The molecule has 1 N–H and O–H groups in total. The van der Waals surface area contributed by atoms with Gasteiger partial charge in [0.05, 0.1) is 5.56 Å². The second-order valence-electron chi connectivity index (χ2n) is 7.69. The van der Waals surface area contributed by atoms with Crippen LogP contribution >= 0.6 is 11.9 Å². The fraction of sp³-hybridized carbons (Fsp3) is 0.409. The molecular formula is C22H23F3N2OS. The van der Waals surface area contributed by atoms with Crippen LogP contribution in [0.2, 0.25) is 0 Å². The first-order valence-corrected chi connectivity index (χ1v) is 11.0. The van der Waals surface area contributed by atoms with Crippen molar-refractivity contribution in [2.45, 2.75) is 31.2 Å². The van der Waals surface area contributed by atoms with Gasteiger partial charge in [0.15, 0.2) is 0 Å². The Balaban J connectivity index is 1.59. The third kappa shape index (κ3) is 4.03. The highest BCUT2D eigenvalue weighted by molar-refractivity contribution is 7.96. The molecular weight excluding hydrogens is 397 g/mol. The Bertz CT molecular complexity index is 901. The van der Waals surface area contributed by atoms with Crippen molar-refractivity contribution in [3.8, 4) is 11.1 Å². The van der Waals surface area contributed by atoms with Gasteiger partial charge in [0.2, 0.25) is 5.91 Å². The zero-order valence-electron chi connectivity index (χ0n) is 16.1. The van der Waals surface area contributed by atoms with E-state index in [1.807, 2.05) is 11.2 Å². The average Bonchev–Trinajstić information content (AvgIpc) is 3.48. The number of hydrogen-bond donors (Lipinski definition) is 1. The van der Waals surface area contributed by atoms with E-state index >= 15 is 0 Å². The third-order valence-electron chi connectivity index (χ3n) is 5.78. The highest BCUT2D eigenvalue weighted by atomic mass is 32.2. The predicted molar refractivity (Wildman–Crippen MR) is 109 cm³/mol. The number of nitrogens with zero attached hydrogens (tertiary/aromatic N) is 1. The van der Waals surface area contributed by atoms with Crippen LogP contribution in [0.4, 0.5) is 13.2 Å². The lowest BCUT2D eigenvalue weighted by molar-refractivity contribution is -0.133. The van der Waals surface area contributed by atoms with Gasteiger partial charge in [-0.15, -0.1) is 0 Å². The second-order valence-corrected chi connectivity index (χ2v) is 8.34. The largest absolute Gasteiger partial charge is 0.341 e. The monoisotopic (exact) mass is 420 g/mol. The number of nitrogens with one attached hydrogen (secondary N) is 1. The van der Waals surface area contributed by atoms with E-state index in [4.69, 9.17) is 0 Å². The minimum Gasteiger partial charge on any atom is -0.341 e. The van der Waals surface area contributed by atoms with Gasteiger partial charge in [0.25, 0.3) is 0 Å². The van der Waals surface area contributed by atoms with Crippen LogP contribution in [-0.4, -0.2) is 36.2 Å². The molecule has 29 heavy (non-hydrogen) atoms. The Morgan fingerprint density at radius 2 is 1.79 bits per heavy atom. The molecule has 1 saturated carbocycles. The van der Waals surface area contributed by atoms with E-state index in [0.29, 0.717) is 19.5 Å². The normalized spacial score (nSPS) is 23.9. The van der Waals surface area contributed by atoms with E-state index in [-0.39, 0.29) is 40.5 Å². The molecule has 3 nitrogen and oxygen atoms in total. The summed E-state index contributed by atoms with van der Waals surface area (Å²) in [5.41, 5.74) is 0.203. The van der Waals surface area contributed by atoms with Crippen molar-refractivity contribution in [2.24, 2.45) is 5.92 Å². The molecule has 7 heteroatoms. The summed E-state index contributed by atoms with van der Waals surface area (Å²) in [6, 6.07) is 8.12. The van der Waals surface area contributed by atoms with Gasteiger partial charge in [-0.25, -0.2) is 13.2 Å². The molecule has 1 aliphatic heterocycles. The van der Waals surface area contributed by atoms with E-state index in [0.717, 1.165) is 25.0 Å². The molecule has 1 aliphatic carbocycles. The maximum absolute atomic E-state index is 14.7. The van der Waals surface area contributed by atoms with Crippen molar-refractivity contribution in [3.05, 3.63) is 59.4 Å². The molecule has 2 aromatic rings. The molecule has 2 aromatic carbocycles. The summed E-state index contributed by atoms with van der Waals surface area (Å²) in [6.07, 6.45) is 4.40. The first-order chi connectivity index (χ1) is 14.0. The van der Waals surface area contributed by atoms with E-state index in [9.17, 15) is 18.0 Å². The lowest BCUT2D eigenvalue weighted by Gasteiger charge is -2.33. The summed E-state index contributed by atoms with van der Waals surface area (Å²) >= 11 is 1.54. The standard InChI is InChI=1S/C22H23F3N2OS/c1-29-26-13-5-4-10-27(12-13)22(28)16-11-15(16)20-14(6-2-7-17(20)23)21-18(24)8-3-9-19(21)25/h2-3,6-9,13,15-16,26H,4-5,10-12H2,1H3. The van der Waals surface area contributed by atoms with Crippen molar-refractivity contribution in [1.82, 2.24) is 9.62 Å². The summed E-state index contributed by atoms with van der Waals surface area (Å²) in [5.74, 6) is -2.68. The van der Waals surface area contributed by atoms with Crippen LogP contribution in [0.3, 0.4) is 0 Å². The summed E-state index contributed by atoms with van der Waals surface area (Å²) in [6.45, 7) is 1.33. The van der Waals surface area contributed by atoms with E-state index < -0.39 is 17.5 Å². The van der Waals surface area contributed by atoms with Gasteiger partial charge < -0.3 is 4.90 Å². The van der Waals surface area contributed by atoms with Crippen molar-refractivity contribution in [3.63, 3.8) is 0 Å². The number of piperidine rings is 1. The Kier molecular flexibility index (Phi) is 5.88. The molecule has 0 radical (unpaired) electrons. The predicted octanol–water partition coefficient (Wildman–Crippen LogP) is 4.73. The minimum absolute atomic E-state index is 0.00538. The fourth-order valence-electron chi connectivity index (χ4n) is 4.35. The average molecular weight is 421 g/mol. The Labute approximate surface area is 172 Å². The highest BCUT2D eigenvalue weighted by Gasteiger charge is 2.48. The zero-order chi connectivity index (χ0) is 20.5. The molecule has 154 valence electrons. The zero-order valence-corrected chi connectivity index (χ0v) is 16.9. The topological polar surface area (TPSA) is 32.3 Å². The van der Waals surface area contributed by atoms with Crippen molar-refractivity contribution < 1.29 is 18.0 Å². The molecule has 1 amide bonds. The van der Waals surface area contributed by atoms with Crippen molar-refractivity contribution >= 4 is 17.9 Å². The molecule has 0 aromatic heterocycles. The van der Waals surface area contributed by atoms with Gasteiger partial charge in [-0.2, -0.15) is 0 Å². The maximum atomic E-state index is 14.7. The second kappa shape index (κ2) is 8.40. The minimum atomic E-state index is -0.734. The van der Waals surface area contributed by atoms with Crippen molar-refractivity contribution in [2.75, 3.05) is 19.3 Å². The first kappa shape index (κ1) is 20.3. The summed E-state index contributed by atoms with van der Waals surface area (Å²) in [4.78, 5) is 14.8. The van der Waals surface area contributed by atoms with Gasteiger partial charge in [-0.05, 0) is 60.8 Å². The molecule has 2 aliphatic rings. The van der Waals surface area contributed by atoms with E-state index in [1.54, 1.807) is 0 Å². The number of hydrogen-bond acceptors (Lipinski definition) is 3. The molecule has 0 bridgehead atoms. The van der Waals surface area contributed by atoms with Crippen LogP contribution in [0.25, 0.3) is 11.1 Å². The Morgan fingerprint density at radius 1 is 1.10 bits per heavy atom. The van der Waals surface area contributed by atoms with Crippen LogP contribution in [0.15, 0.2) is 36.4 Å². The number of likely N-dealkylation sites (tertiary alicyclic amines) is 1. The van der Waals surface area contributed by atoms with Crippen LogP contribution < -0.4 is 4.72 Å². The molecule has 1 heterocycles. The number of carbonyl (C=O) groups excluding carboxylic acids is 1. The SMILES string of the molecule is CSNC1CCCN(C(=O)C2CC2c2c(F)cccc2-c2c(F)cccc2F)C1. The van der Waals surface area contributed by atoms with Crippen molar-refractivity contribution in [1.29, 1.82) is 0 Å². The van der Waals surface area contributed by atoms with Crippen LogP contribution in [0, 0.1) is 23.4 Å². The molecule has 1 saturated heterocycles. The summed E-state index contributed by atoms with van der Waals surface area (Å²) < 4.78 is 46.7. The molecule has 3 unspecified atom stereocenters. The Morgan fingerprint density at radius 3 is 2.52 bits per heavy atom. The summed E-state index contributed by atoms with van der Waals surface area (Å²) in [5, 5.41) is 0. The fourth-order valence-corrected chi connectivity index (χ4v) is 4.87. The number of rotatable bonds is 5. The maximum Gasteiger partial charge on any atom is 0.226 e. The van der Waals surface area contributed by atoms with Gasteiger partial charge in [0, 0.05) is 25.0 Å². The molecule has 3 atom stereocenters. The quantitative estimate of drug-likeness (QED) is 0.710. The van der Waals surface area contributed by atoms with Gasteiger partial charge in [-0.3, -0.25) is 9.52 Å². The number of halogens is 3. The van der Waals surface area contributed by atoms with E-state index in [2.05, 4.69) is 4.72 Å². The highest BCUT2D eigenvalue weighted by Crippen LogP contribution is 2.52. The van der Waals surface area contributed by atoms with Crippen LogP contribution in [0.1, 0.15) is 30.7 Å². The molecule has 4 rings (SSSR count). The molecule has 2 fully saturated rings. The lowest BCUT2D eigenvalue weighted by atomic mass is 9.94. The van der Waals surface area contributed by atoms with Gasteiger partial charge in [0.1, 0.15) is 17.5 Å². The first-order valence-electron chi connectivity index (χ1n) is 9.81. The number of amides is 1. The molecule has 0 spiro atoms. The lowest BCUT2D eigenvalue weighted by Crippen LogP contribution is -2.47. The third-order valence-corrected chi connectivity index (χ3v) is 6.35. The van der Waals surface area contributed by atoms with E-state index in [1.165, 1.54) is 36.2 Å². The van der Waals surface area contributed by atoms with Crippen LogP contribution in [0.5, 0.6) is 0 Å². The Hall–Kier alpha value is -1.99. The number of carbonyl (C=O) groups is 1. The number of benzene rings is 2. The van der Waals surface area contributed by atoms with Gasteiger partial charge >= 0.3 is 0 Å².